The number of rotatable bonds is 5. The summed E-state index contributed by atoms with van der Waals surface area (Å²) in [6.07, 6.45) is 8.96. The van der Waals surface area contributed by atoms with Crippen LogP contribution in [-0.4, -0.2) is 25.0 Å². The lowest BCUT2D eigenvalue weighted by Gasteiger charge is -2.22. The molecule has 15 heavy (non-hydrogen) atoms. The monoisotopic (exact) mass is 210 g/mol. The highest BCUT2D eigenvalue weighted by molar-refractivity contribution is 5.80. The Balaban J connectivity index is 1.48. The average molecular weight is 210 g/mol. The van der Waals surface area contributed by atoms with Gasteiger partial charge in [-0.25, -0.2) is 0 Å². The van der Waals surface area contributed by atoms with Gasteiger partial charge in [0, 0.05) is 25.0 Å². The topological polar surface area (TPSA) is 41.1 Å². The van der Waals surface area contributed by atoms with Gasteiger partial charge in [-0.3, -0.25) is 4.79 Å². The van der Waals surface area contributed by atoms with E-state index in [-0.39, 0.29) is 5.91 Å². The van der Waals surface area contributed by atoms with Gasteiger partial charge in [-0.1, -0.05) is 19.3 Å². The summed E-state index contributed by atoms with van der Waals surface area (Å²) in [6, 6.07) is 0.705. The highest BCUT2D eigenvalue weighted by Crippen LogP contribution is 2.28. The molecule has 0 saturated heterocycles. The van der Waals surface area contributed by atoms with Crippen molar-refractivity contribution in [1.82, 2.24) is 10.6 Å². The molecule has 86 valence electrons. The molecule has 2 aliphatic carbocycles. The van der Waals surface area contributed by atoms with Crippen LogP contribution in [0.2, 0.25) is 0 Å². The second-order valence-corrected chi connectivity index (χ2v) is 4.85. The van der Waals surface area contributed by atoms with Crippen LogP contribution in [0.4, 0.5) is 0 Å². The molecule has 0 spiro atoms. The molecule has 0 atom stereocenters. The Kier molecular flexibility index (Phi) is 4.01. The molecule has 2 fully saturated rings. The van der Waals surface area contributed by atoms with E-state index in [4.69, 9.17) is 0 Å². The molecule has 0 unspecified atom stereocenters. The van der Waals surface area contributed by atoms with E-state index in [2.05, 4.69) is 10.6 Å². The minimum Gasteiger partial charge on any atom is -0.355 e. The van der Waals surface area contributed by atoms with E-state index in [1.807, 2.05) is 0 Å². The molecule has 0 aromatic rings. The van der Waals surface area contributed by atoms with E-state index in [1.54, 1.807) is 0 Å². The standard InChI is InChI=1S/C12H22N2O/c15-12(10-6-7-10)14-9-8-13-11-4-2-1-3-5-11/h10-11,13H,1-9H2,(H,14,15). The fourth-order valence-corrected chi connectivity index (χ4v) is 2.26. The van der Waals surface area contributed by atoms with Crippen LogP contribution in [0.25, 0.3) is 0 Å². The largest absolute Gasteiger partial charge is 0.355 e. The van der Waals surface area contributed by atoms with Gasteiger partial charge in [0.1, 0.15) is 0 Å². The second-order valence-electron chi connectivity index (χ2n) is 4.85. The molecular weight excluding hydrogens is 188 g/mol. The lowest BCUT2D eigenvalue weighted by molar-refractivity contribution is -0.122. The maximum absolute atomic E-state index is 11.3. The molecule has 0 radical (unpaired) electrons. The summed E-state index contributed by atoms with van der Waals surface area (Å²) in [6.45, 7) is 1.73. The maximum atomic E-state index is 11.3. The Bertz CT molecular complexity index is 208. The minimum absolute atomic E-state index is 0.264. The second kappa shape index (κ2) is 5.50. The van der Waals surface area contributed by atoms with Crippen molar-refractivity contribution in [2.45, 2.75) is 51.0 Å². The van der Waals surface area contributed by atoms with E-state index >= 15 is 0 Å². The van der Waals surface area contributed by atoms with Gasteiger partial charge in [0.25, 0.3) is 0 Å². The van der Waals surface area contributed by atoms with Crippen LogP contribution in [0.5, 0.6) is 0 Å². The number of nitrogens with one attached hydrogen (secondary N) is 2. The van der Waals surface area contributed by atoms with Gasteiger partial charge in [0.05, 0.1) is 0 Å². The third-order valence-electron chi connectivity index (χ3n) is 3.41. The molecule has 1 amide bonds. The minimum atomic E-state index is 0.264. The fraction of sp³-hybridized carbons (Fsp3) is 0.917. The number of carbonyl (C=O) groups excluding carboxylic acids is 1. The third kappa shape index (κ3) is 3.82. The number of carbonyl (C=O) groups is 1. The normalized spacial score (nSPS) is 22.7. The molecule has 0 aliphatic heterocycles. The zero-order chi connectivity index (χ0) is 10.5. The summed E-state index contributed by atoms with van der Waals surface area (Å²) in [5.74, 6) is 0.611. The molecule has 3 nitrogen and oxygen atoms in total. The van der Waals surface area contributed by atoms with Crippen LogP contribution in [0.1, 0.15) is 44.9 Å². The summed E-state index contributed by atoms with van der Waals surface area (Å²) in [5.41, 5.74) is 0. The number of hydrogen-bond donors (Lipinski definition) is 2. The van der Waals surface area contributed by atoms with Crippen LogP contribution in [0.3, 0.4) is 0 Å². The maximum Gasteiger partial charge on any atom is 0.223 e. The molecule has 2 saturated carbocycles. The lowest BCUT2D eigenvalue weighted by Crippen LogP contribution is -2.38. The van der Waals surface area contributed by atoms with Gasteiger partial charge in [0.2, 0.25) is 5.91 Å². The van der Waals surface area contributed by atoms with Crippen molar-refractivity contribution < 1.29 is 4.79 Å². The fourth-order valence-electron chi connectivity index (χ4n) is 2.26. The first-order chi connectivity index (χ1) is 7.36. The Morgan fingerprint density at radius 3 is 2.40 bits per heavy atom. The highest BCUT2D eigenvalue weighted by Gasteiger charge is 2.28. The summed E-state index contributed by atoms with van der Waals surface area (Å²) in [7, 11) is 0. The lowest BCUT2D eigenvalue weighted by atomic mass is 9.95. The average Bonchev–Trinajstić information content (AvgIpc) is 3.09. The zero-order valence-corrected chi connectivity index (χ0v) is 9.43. The Morgan fingerprint density at radius 2 is 1.73 bits per heavy atom. The molecule has 3 heteroatoms. The van der Waals surface area contributed by atoms with E-state index in [0.717, 1.165) is 25.9 Å². The summed E-state index contributed by atoms with van der Waals surface area (Å²) >= 11 is 0. The quantitative estimate of drug-likeness (QED) is 0.674. The first-order valence-corrected chi connectivity index (χ1v) is 6.37. The number of amides is 1. The number of hydrogen-bond acceptors (Lipinski definition) is 2. The van der Waals surface area contributed by atoms with Crippen LogP contribution in [0, 0.1) is 5.92 Å². The van der Waals surface area contributed by atoms with Crippen LogP contribution in [-0.2, 0) is 4.79 Å². The van der Waals surface area contributed by atoms with E-state index in [1.165, 1.54) is 32.1 Å². The van der Waals surface area contributed by atoms with Gasteiger partial charge in [0.15, 0.2) is 0 Å². The first kappa shape index (κ1) is 10.9. The van der Waals surface area contributed by atoms with Crippen molar-refractivity contribution in [2.24, 2.45) is 5.92 Å². The summed E-state index contributed by atoms with van der Waals surface area (Å²) in [4.78, 5) is 11.3. The van der Waals surface area contributed by atoms with Gasteiger partial charge in [-0.05, 0) is 25.7 Å². The van der Waals surface area contributed by atoms with Crippen LogP contribution in [0.15, 0.2) is 0 Å². The molecule has 0 aromatic heterocycles. The SMILES string of the molecule is O=C(NCCNC1CCCCC1)C1CC1. The predicted molar refractivity (Wildman–Crippen MR) is 60.6 cm³/mol. The molecule has 0 aromatic carbocycles. The van der Waals surface area contributed by atoms with Crippen molar-refractivity contribution in [3.05, 3.63) is 0 Å². The molecular formula is C12H22N2O. The van der Waals surface area contributed by atoms with Crippen LogP contribution >= 0.6 is 0 Å². The Labute approximate surface area is 92.0 Å². The van der Waals surface area contributed by atoms with Crippen LogP contribution < -0.4 is 10.6 Å². The highest BCUT2D eigenvalue weighted by atomic mass is 16.2. The van der Waals surface area contributed by atoms with E-state index < -0.39 is 0 Å². The Morgan fingerprint density at radius 1 is 1.00 bits per heavy atom. The van der Waals surface area contributed by atoms with Gasteiger partial charge in [-0.15, -0.1) is 0 Å². The first-order valence-electron chi connectivity index (χ1n) is 6.37. The molecule has 2 rings (SSSR count). The summed E-state index contributed by atoms with van der Waals surface area (Å²) < 4.78 is 0. The summed E-state index contributed by atoms with van der Waals surface area (Å²) in [5, 5.41) is 6.50. The van der Waals surface area contributed by atoms with E-state index in [9.17, 15) is 4.79 Å². The van der Waals surface area contributed by atoms with Crippen molar-refractivity contribution >= 4 is 5.91 Å². The Hall–Kier alpha value is -0.570. The predicted octanol–water partition coefficient (Wildman–Crippen LogP) is 1.43. The van der Waals surface area contributed by atoms with E-state index in [0.29, 0.717) is 12.0 Å². The van der Waals surface area contributed by atoms with Crippen molar-refractivity contribution in [1.29, 1.82) is 0 Å². The zero-order valence-electron chi connectivity index (χ0n) is 9.43. The molecule has 2 N–H and O–H groups in total. The smallest absolute Gasteiger partial charge is 0.223 e. The molecule has 0 heterocycles. The van der Waals surface area contributed by atoms with Gasteiger partial charge in [-0.2, -0.15) is 0 Å². The molecule has 0 bridgehead atoms. The molecule has 2 aliphatic rings. The van der Waals surface area contributed by atoms with Gasteiger partial charge >= 0.3 is 0 Å². The van der Waals surface area contributed by atoms with Gasteiger partial charge < -0.3 is 10.6 Å². The van der Waals surface area contributed by atoms with Crippen molar-refractivity contribution in [2.75, 3.05) is 13.1 Å². The van der Waals surface area contributed by atoms with Crippen molar-refractivity contribution in [3.63, 3.8) is 0 Å². The van der Waals surface area contributed by atoms with Crippen molar-refractivity contribution in [3.8, 4) is 0 Å². The third-order valence-corrected chi connectivity index (χ3v) is 3.41.